The first kappa shape index (κ1) is 24.4. The van der Waals surface area contributed by atoms with Crippen molar-refractivity contribution in [3.05, 3.63) is 71.9 Å². The molecule has 0 radical (unpaired) electrons. The van der Waals surface area contributed by atoms with E-state index in [1.807, 2.05) is 50.2 Å². The summed E-state index contributed by atoms with van der Waals surface area (Å²) in [4.78, 5) is 11.3. The van der Waals surface area contributed by atoms with Crippen molar-refractivity contribution >= 4 is 5.97 Å². The van der Waals surface area contributed by atoms with Crippen LogP contribution >= 0.6 is 0 Å². The molecule has 1 heterocycles. The summed E-state index contributed by atoms with van der Waals surface area (Å²) < 4.78 is 19.2. The summed E-state index contributed by atoms with van der Waals surface area (Å²) in [6.07, 6.45) is -0.351. The Balaban J connectivity index is 1.59. The molecule has 176 valence electrons. The molecule has 0 saturated carbocycles. The van der Waals surface area contributed by atoms with Crippen LogP contribution in [0.5, 0.6) is 11.5 Å². The summed E-state index contributed by atoms with van der Waals surface area (Å²) in [7, 11) is 0. The number of rotatable bonds is 12. The molecule has 0 saturated heterocycles. The van der Waals surface area contributed by atoms with E-state index in [0.717, 1.165) is 28.3 Å². The van der Waals surface area contributed by atoms with Gasteiger partial charge in [0.05, 0.1) is 12.6 Å². The Hall–Kier alpha value is -3.25. The lowest BCUT2D eigenvalue weighted by atomic mass is 10.1. The summed E-state index contributed by atoms with van der Waals surface area (Å²) in [5, 5.41) is 9.24. The highest BCUT2D eigenvalue weighted by Gasteiger charge is 2.17. The molecule has 1 N–H and O–H groups in total. The molecular formula is C27H33NO5. The summed E-state index contributed by atoms with van der Waals surface area (Å²) >= 11 is 0. The van der Waals surface area contributed by atoms with Crippen LogP contribution in [0.2, 0.25) is 0 Å². The molecule has 0 aliphatic carbocycles. The number of carboxylic acids is 1. The fourth-order valence-corrected chi connectivity index (χ4v) is 3.70. The molecule has 0 aliphatic rings. The zero-order valence-corrected chi connectivity index (χ0v) is 19.8. The van der Waals surface area contributed by atoms with Crippen LogP contribution in [0.25, 0.3) is 11.3 Å². The van der Waals surface area contributed by atoms with Crippen LogP contribution in [-0.4, -0.2) is 41.1 Å². The number of aromatic nitrogens is 1. The lowest BCUT2D eigenvalue weighted by Gasteiger charge is -2.15. The van der Waals surface area contributed by atoms with Crippen LogP contribution in [0.4, 0.5) is 0 Å². The number of hydrogen-bond donors (Lipinski definition) is 1. The molecule has 6 nitrogen and oxygen atoms in total. The molecule has 0 spiro atoms. The molecule has 33 heavy (non-hydrogen) atoms. The highest BCUT2D eigenvalue weighted by atomic mass is 16.5. The molecule has 1 atom stereocenters. The predicted molar refractivity (Wildman–Crippen MR) is 129 cm³/mol. The average molecular weight is 452 g/mol. The maximum Gasteiger partial charge on any atom is 0.333 e. The van der Waals surface area contributed by atoms with Crippen molar-refractivity contribution in [2.45, 2.75) is 52.9 Å². The van der Waals surface area contributed by atoms with E-state index in [0.29, 0.717) is 26.2 Å². The van der Waals surface area contributed by atoms with Crippen LogP contribution in [0.1, 0.15) is 32.0 Å². The third-order valence-corrected chi connectivity index (χ3v) is 5.29. The average Bonchev–Trinajstić information content (AvgIpc) is 3.15. The summed E-state index contributed by atoms with van der Waals surface area (Å²) in [5.41, 5.74) is 4.34. The zero-order valence-electron chi connectivity index (χ0n) is 19.8. The smallest absolute Gasteiger partial charge is 0.333 e. The second-order valence-electron chi connectivity index (χ2n) is 8.18. The van der Waals surface area contributed by atoms with Crippen molar-refractivity contribution in [3.63, 3.8) is 0 Å². The maximum absolute atomic E-state index is 11.3. The fraction of sp³-hybridized carbons (Fsp3) is 0.370. The number of aliphatic carboxylic acids is 1. The van der Waals surface area contributed by atoms with Crippen molar-refractivity contribution in [2.24, 2.45) is 0 Å². The van der Waals surface area contributed by atoms with Gasteiger partial charge in [0.1, 0.15) is 18.1 Å². The van der Waals surface area contributed by atoms with E-state index in [1.54, 1.807) is 6.92 Å². The highest BCUT2D eigenvalue weighted by Crippen LogP contribution is 2.25. The Morgan fingerprint density at radius 1 is 0.970 bits per heavy atom. The molecule has 1 aromatic heterocycles. The van der Waals surface area contributed by atoms with E-state index in [9.17, 15) is 9.90 Å². The Bertz CT molecular complexity index is 1020. The van der Waals surface area contributed by atoms with E-state index in [2.05, 4.69) is 35.8 Å². The number of ether oxygens (including phenoxy) is 3. The van der Waals surface area contributed by atoms with Gasteiger partial charge in [-0.15, -0.1) is 0 Å². The largest absolute Gasteiger partial charge is 0.492 e. The van der Waals surface area contributed by atoms with E-state index in [-0.39, 0.29) is 6.10 Å². The van der Waals surface area contributed by atoms with Crippen molar-refractivity contribution in [1.82, 2.24) is 4.57 Å². The second-order valence-corrected chi connectivity index (χ2v) is 8.18. The van der Waals surface area contributed by atoms with Crippen molar-refractivity contribution in [3.8, 4) is 22.8 Å². The lowest BCUT2D eigenvalue weighted by Crippen LogP contribution is -2.26. The van der Waals surface area contributed by atoms with Gasteiger partial charge >= 0.3 is 5.97 Å². The topological polar surface area (TPSA) is 69.9 Å². The minimum absolute atomic E-state index is 0.149. The molecule has 0 bridgehead atoms. The summed E-state index contributed by atoms with van der Waals surface area (Å²) in [5.74, 6) is 0.673. The first-order chi connectivity index (χ1) is 15.9. The van der Waals surface area contributed by atoms with Crippen molar-refractivity contribution < 1.29 is 24.1 Å². The van der Waals surface area contributed by atoms with Gasteiger partial charge in [0.2, 0.25) is 0 Å². The number of nitrogens with zero attached hydrogens (tertiary/aromatic N) is 1. The van der Waals surface area contributed by atoms with Crippen LogP contribution in [-0.2, 0) is 22.5 Å². The zero-order chi connectivity index (χ0) is 23.8. The molecule has 3 rings (SSSR count). The van der Waals surface area contributed by atoms with Gasteiger partial charge in [-0.1, -0.05) is 12.1 Å². The molecule has 3 aromatic rings. The van der Waals surface area contributed by atoms with E-state index in [1.165, 1.54) is 5.69 Å². The molecule has 0 amide bonds. The Morgan fingerprint density at radius 2 is 1.64 bits per heavy atom. The maximum atomic E-state index is 11.3. The monoisotopic (exact) mass is 451 g/mol. The molecule has 6 heteroatoms. The van der Waals surface area contributed by atoms with Gasteiger partial charge in [0.25, 0.3) is 0 Å². The van der Waals surface area contributed by atoms with Crippen LogP contribution in [0.3, 0.4) is 0 Å². The van der Waals surface area contributed by atoms with Crippen LogP contribution in [0.15, 0.2) is 60.7 Å². The van der Waals surface area contributed by atoms with Gasteiger partial charge < -0.3 is 23.9 Å². The number of carbonyl (C=O) groups is 1. The number of aryl methyl sites for hydroxylation is 1. The highest BCUT2D eigenvalue weighted by molar-refractivity contribution is 5.72. The molecule has 0 fully saturated rings. The lowest BCUT2D eigenvalue weighted by molar-refractivity contribution is -0.149. The Kier molecular flexibility index (Phi) is 8.55. The number of benzene rings is 2. The Labute approximate surface area is 195 Å². The molecule has 0 aliphatic heterocycles. The van der Waals surface area contributed by atoms with Gasteiger partial charge in [-0.3, -0.25) is 0 Å². The van der Waals surface area contributed by atoms with Gasteiger partial charge in [0.15, 0.2) is 6.10 Å². The molecule has 2 aromatic carbocycles. The van der Waals surface area contributed by atoms with E-state index in [4.69, 9.17) is 14.2 Å². The summed E-state index contributed by atoms with van der Waals surface area (Å²) in [6.45, 7) is 9.52. The third kappa shape index (κ3) is 6.86. The van der Waals surface area contributed by atoms with Gasteiger partial charge in [-0.2, -0.15) is 0 Å². The standard InChI is InChI=1S/C27H33NO5/c1-5-31-26(27(29)30)18-21-7-11-23(12-8-21)32-17-16-28-20(4)6-15-25(28)22-9-13-24(14-10-22)33-19(2)3/h6-15,19,26H,5,16-18H2,1-4H3,(H,29,30). The van der Waals surface area contributed by atoms with Crippen LogP contribution in [0, 0.1) is 6.92 Å². The second kappa shape index (κ2) is 11.6. The summed E-state index contributed by atoms with van der Waals surface area (Å²) in [6, 6.07) is 19.9. The van der Waals surface area contributed by atoms with E-state index < -0.39 is 12.1 Å². The van der Waals surface area contributed by atoms with Gasteiger partial charge in [-0.25, -0.2) is 4.79 Å². The normalized spacial score (nSPS) is 12.0. The Morgan fingerprint density at radius 3 is 2.24 bits per heavy atom. The molecular weight excluding hydrogens is 418 g/mol. The van der Waals surface area contributed by atoms with Gasteiger partial charge in [0, 0.05) is 24.4 Å². The minimum Gasteiger partial charge on any atom is -0.492 e. The molecule has 1 unspecified atom stereocenters. The van der Waals surface area contributed by atoms with E-state index >= 15 is 0 Å². The van der Waals surface area contributed by atoms with Crippen LogP contribution < -0.4 is 9.47 Å². The predicted octanol–water partition coefficient (Wildman–Crippen LogP) is 5.36. The fourth-order valence-electron chi connectivity index (χ4n) is 3.70. The van der Waals surface area contributed by atoms with Crippen molar-refractivity contribution in [2.75, 3.05) is 13.2 Å². The number of carboxylic acid groups (broad SMARTS) is 1. The van der Waals surface area contributed by atoms with Gasteiger partial charge in [-0.05, 0) is 87.4 Å². The SMILES string of the molecule is CCOC(Cc1ccc(OCCn2c(C)ccc2-c2ccc(OC(C)C)cc2)cc1)C(=O)O. The number of hydrogen-bond acceptors (Lipinski definition) is 4. The quantitative estimate of drug-likeness (QED) is 0.401. The third-order valence-electron chi connectivity index (χ3n) is 5.29. The minimum atomic E-state index is -0.947. The first-order valence-corrected chi connectivity index (χ1v) is 11.4. The van der Waals surface area contributed by atoms with Crippen molar-refractivity contribution in [1.29, 1.82) is 0 Å². The first-order valence-electron chi connectivity index (χ1n) is 11.4.